The van der Waals surface area contributed by atoms with Gasteiger partial charge in [-0.2, -0.15) is 0 Å². The second-order valence-electron chi connectivity index (χ2n) is 12.3. The van der Waals surface area contributed by atoms with Crippen LogP contribution in [0.25, 0.3) is 0 Å². The topological polar surface area (TPSA) is 67.6 Å². The van der Waals surface area contributed by atoms with Crippen LogP contribution in [-0.4, -0.2) is 29.9 Å². The van der Waals surface area contributed by atoms with Crippen LogP contribution < -0.4 is 15.8 Å². The van der Waals surface area contributed by atoms with Gasteiger partial charge in [0, 0.05) is 50.0 Å². The number of halogens is 1. The number of fused-ring (bicyclic) bond motifs is 1. The molecule has 1 aliphatic rings. The number of ether oxygens (including phenoxy) is 1. The van der Waals surface area contributed by atoms with E-state index in [0.29, 0.717) is 37.5 Å². The second kappa shape index (κ2) is 11.2. The number of carbonyl (C=O) groups excluding carboxylic acids is 1. The summed E-state index contributed by atoms with van der Waals surface area (Å²) in [5.41, 5.74) is 13.3. The molecule has 3 aromatic carbocycles. The molecule has 0 fully saturated rings. The van der Waals surface area contributed by atoms with Crippen LogP contribution in [-0.2, 0) is 17.9 Å². The maximum Gasteiger partial charge on any atom is 0.165 e. The first-order valence-corrected chi connectivity index (χ1v) is 14.2. The van der Waals surface area contributed by atoms with Crippen molar-refractivity contribution >= 4 is 17.2 Å². The van der Waals surface area contributed by atoms with E-state index in [-0.39, 0.29) is 17.5 Å². The van der Waals surface area contributed by atoms with Gasteiger partial charge in [-0.3, -0.25) is 9.69 Å². The van der Waals surface area contributed by atoms with Crippen LogP contribution in [0.1, 0.15) is 80.3 Å². The average molecular weight is 546 g/mol. The molecule has 4 rings (SSSR count). The van der Waals surface area contributed by atoms with Crippen molar-refractivity contribution in [2.45, 2.75) is 79.5 Å². The number of para-hydroxylation sites is 1. The summed E-state index contributed by atoms with van der Waals surface area (Å²) in [6.07, 6.45) is 0.462. The van der Waals surface area contributed by atoms with Gasteiger partial charge < -0.3 is 15.8 Å². The number of benzene rings is 3. The van der Waals surface area contributed by atoms with E-state index in [1.54, 1.807) is 6.07 Å². The summed E-state index contributed by atoms with van der Waals surface area (Å²) in [6, 6.07) is 15.8. The van der Waals surface area contributed by atoms with E-state index in [1.165, 1.54) is 17.2 Å². The lowest BCUT2D eigenvalue weighted by Crippen LogP contribution is -2.40. The Balaban J connectivity index is 1.79. The first-order valence-electron chi connectivity index (χ1n) is 14.2. The van der Waals surface area contributed by atoms with Crippen molar-refractivity contribution in [1.82, 2.24) is 4.90 Å². The Morgan fingerprint density at radius 2 is 1.90 bits per heavy atom. The molecule has 1 unspecified atom stereocenters. The van der Waals surface area contributed by atoms with Crippen LogP contribution in [0.3, 0.4) is 0 Å². The number of nitrogen functional groups attached to an aromatic ring is 1. The lowest BCUT2D eigenvalue weighted by molar-refractivity contribution is -0.127. The van der Waals surface area contributed by atoms with Crippen LogP contribution in [0.4, 0.5) is 15.8 Å². The largest absolute Gasteiger partial charge is 0.483 e. The zero-order chi connectivity index (χ0) is 29.4. The van der Waals surface area contributed by atoms with Crippen molar-refractivity contribution in [2.75, 3.05) is 24.6 Å². The summed E-state index contributed by atoms with van der Waals surface area (Å²) in [4.78, 5) is 15.7. The average Bonchev–Trinajstić information content (AvgIpc) is 3.03. The Hall–Kier alpha value is -3.38. The highest BCUT2D eigenvalue weighted by molar-refractivity contribution is 5.86. The third kappa shape index (κ3) is 5.73. The zero-order valence-electron chi connectivity index (χ0n) is 25.2. The second-order valence-corrected chi connectivity index (χ2v) is 12.3. The third-order valence-corrected chi connectivity index (χ3v) is 8.42. The van der Waals surface area contributed by atoms with Gasteiger partial charge in [0.1, 0.15) is 11.4 Å². The van der Waals surface area contributed by atoms with E-state index in [4.69, 9.17) is 10.5 Å². The lowest BCUT2D eigenvalue weighted by Gasteiger charge is -2.36. The van der Waals surface area contributed by atoms with Gasteiger partial charge in [0.25, 0.3) is 0 Å². The number of anilines is 2. The minimum Gasteiger partial charge on any atom is -0.483 e. The monoisotopic (exact) mass is 545 g/mol. The summed E-state index contributed by atoms with van der Waals surface area (Å²) in [5.74, 6) is 0.0558. The Kier molecular flexibility index (Phi) is 8.32. The third-order valence-electron chi connectivity index (χ3n) is 8.42. The van der Waals surface area contributed by atoms with E-state index in [0.717, 1.165) is 27.9 Å². The summed E-state index contributed by atoms with van der Waals surface area (Å²) in [6.45, 7) is 16.1. The highest BCUT2D eigenvalue weighted by atomic mass is 19.1. The summed E-state index contributed by atoms with van der Waals surface area (Å²) in [5, 5.41) is 3.17. The molecule has 214 valence electrons. The number of Topliss-reactive ketones (excluding diaryl/α,β-unsaturated/α-hetero) is 1. The Morgan fingerprint density at radius 1 is 1.18 bits per heavy atom. The lowest BCUT2D eigenvalue weighted by atomic mass is 9.67. The molecule has 0 spiro atoms. The highest BCUT2D eigenvalue weighted by Gasteiger charge is 2.39. The molecule has 1 heterocycles. The van der Waals surface area contributed by atoms with Crippen molar-refractivity contribution in [3.63, 3.8) is 0 Å². The highest BCUT2D eigenvalue weighted by Crippen LogP contribution is 2.46. The fraction of sp³-hybridized carbons (Fsp3) is 0.441. The molecule has 0 amide bonds. The fourth-order valence-corrected chi connectivity index (χ4v) is 6.21. The van der Waals surface area contributed by atoms with Crippen LogP contribution >= 0.6 is 0 Å². The number of nitrogens with zero attached hydrogens (tertiary/aromatic N) is 1. The summed E-state index contributed by atoms with van der Waals surface area (Å²) < 4.78 is 20.8. The molecular formula is C34H44FN3O2. The Bertz CT molecular complexity index is 1410. The van der Waals surface area contributed by atoms with Crippen molar-refractivity contribution in [1.29, 1.82) is 0 Å². The molecule has 5 nitrogen and oxygen atoms in total. The zero-order valence-corrected chi connectivity index (χ0v) is 25.2. The molecule has 0 bridgehead atoms. The molecule has 0 radical (unpaired) electrons. The smallest absolute Gasteiger partial charge is 0.165 e. The minimum absolute atomic E-state index is 0.175. The van der Waals surface area contributed by atoms with E-state index in [2.05, 4.69) is 41.4 Å². The van der Waals surface area contributed by atoms with Gasteiger partial charge in [0.15, 0.2) is 11.6 Å². The Labute approximate surface area is 238 Å². The molecule has 3 N–H and O–H groups in total. The molecule has 40 heavy (non-hydrogen) atoms. The van der Waals surface area contributed by atoms with Gasteiger partial charge in [-0.05, 0) is 67.6 Å². The molecule has 6 heteroatoms. The van der Waals surface area contributed by atoms with Crippen molar-refractivity contribution in [3.8, 4) is 5.75 Å². The SMILES string of the molecule is CCC(=O)C(C)(C)C(c1ccc(C)c(CN2Cc3cccc(F)c3OC(C)(C)C2)c1)c1ccc(NC)c(N)c1C. The van der Waals surface area contributed by atoms with Gasteiger partial charge in [-0.25, -0.2) is 4.39 Å². The molecule has 1 aliphatic heterocycles. The molecular weight excluding hydrogens is 501 g/mol. The van der Waals surface area contributed by atoms with Gasteiger partial charge in [-0.1, -0.05) is 57.2 Å². The predicted octanol–water partition coefficient (Wildman–Crippen LogP) is 7.38. The minimum atomic E-state index is -0.644. The first kappa shape index (κ1) is 29.6. The number of rotatable bonds is 8. The van der Waals surface area contributed by atoms with Gasteiger partial charge in [0.05, 0.1) is 11.4 Å². The standard InChI is InChI=1S/C34H44FN3O2/c1-9-29(39)34(6,7)30(26-15-16-28(37-8)31(36)22(26)3)23-14-13-21(2)25(17-23)19-38-18-24-11-10-12-27(35)32(24)40-33(4,5)20-38/h10-17,30,37H,9,18-20,36H2,1-8H3. The van der Waals surface area contributed by atoms with E-state index in [1.807, 2.05) is 60.7 Å². The maximum absolute atomic E-state index is 14.6. The molecule has 0 saturated carbocycles. The van der Waals surface area contributed by atoms with Crippen molar-refractivity contribution in [3.05, 3.63) is 87.7 Å². The molecule has 0 aliphatic carbocycles. The number of hydrogen-bond donors (Lipinski definition) is 2. The fourth-order valence-electron chi connectivity index (χ4n) is 6.21. The number of carbonyl (C=O) groups is 1. The number of aryl methyl sites for hydroxylation is 1. The molecule has 3 aromatic rings. The quantitative estimate of drug-likeness (QED) is 0.289. The van der Waals surface area contributed by atoms with Gasteiger partial charge in [-0.15, -0.1) is 0 Å². The normalized spacial score (nSPS) is 16.0. The summed E-state index contributed by atoms with van der Waals surface area (Å²) >= 11 is 0. The van der Waals surface area contributed by atoms with Crippen LogP contribution in [0.2, 0.25) is 0 Å². The Morgan fingerprint density at radius 3 is 2.58 bits per heavy atom. The van der Waals surface area contributed by atoms with Gasteiger partial charge >= 0.3 is 0 Å². The van der Waals surface area contributed by atoms with E-state index >= 15 is 0 Å². The maximum atomic E-state index is 14.6. The van der Waals surface area contributed by atoms with Crippen LogP contribution in [0.15, 0.2) is 48.5 Å². The number of nitrogens with one attached hydrogen (secondary N) is 1. The van der Waals surface area contributed by atoms with Crippen LogP contribution in [0, 0.1) is 25.1 Å². The number of nitrogens with two attached hydrogens (primary N) is 1. The molecule has 0 aromatic heterocycles. The van der Waals surface area contributed by atoms with Gasteiger partial charge in [0.2, 0.25) is 0 Å². The van der Waals surface area contributed by atoms with E-state index in [9.17, 15) is 9.18 Å². The van der Waals surface area contributed by atoms with Crippen molar-refractivity contribution < 1.29 is 13.9 Å². The van der Waals surface area contributed by atoms with E-state index < -0.39 is 11.0 Å². The first-order chi connectivity index (χ1) is 18.8. The predicted molar refractivity (Wildman–Crippen MR) is 162 cm³/mol. The van der Waals surface area contributed by atoms with Crippen LogP contribution in [0.5, 0.6) is 5.75 Å². The molecule has 1 atom stereocenters. The summed E-state index contributed by atoms with van der Waals surface area (Å²) in [7, 11) is 1.86. The molecule has 0 saturated heterocycles. The van der Waals surface area contributed by atoms with Crippen molar-refractivity contribution in [2.24, 2.45) is 5.41 Å². The number of hydrogen-bond acceptors (Lipinski definition) is 5. The number of ketones is 1.